The van der Waals surface area contributed by atoms with Gasteiger partial charge in [0.2, 0.25) is 5.13 Å². The third-order valence-corrected chi connectivity index (χ3v) is 3.58. The maximum atomic E-state index is 7.33. The first-order valence-corrected chi connectivity index (χ1v) is 6.28. The Labute approximate surface area is 108 Å². The maximum Gasteiger partial charge on any atom is 0.213 e. The molecule has 0 aliphatic heterocycles. The monoisotopic (exact) mass is 254 g/mol. The number of fused-ring (bicyclic) bond motifs is 1. The van der Waals surface area contributed by atoms with Crippen LogP contribution in [0.1, 0.15) is 0 Å². The molecule has 1 aromatic heterocycles. The van der Waals surface area contributed by atoms with Gasteiger partial charge in [0.15, 0.2) is 0 Å². The van der Waals surface area contributed by atoms with Gasteiger partial charge in [0.05, 0.1) is 15.9 Å². The molecule has 0 spiro atoms. The third-order valence-electron chi connectivity index (χ3n) is 2.56. The Balaban J connectivity index is 2.09. The van der Waals surface area contributed by atoms with E-state index in [1.165, 1.54) is 16.3 Å². The fraction of sp³-hybridized carbons (Fsp3) is 0. The highest BCUT2D eigenvalue weighted by atomic mass is 32.1. The molecule has 0 radical (unpaired) electrons. The van der Waals surface area contributed by atoms with Gasteiger partial charge >= 0.3 is 0 Å². The molecule has 0 fully saturated rings. The second kappa shape index (κ2) is 4.54. The number of aromatic nitrogens is 1. The Morgan fingerprint density at radius 1 is 1.00 bits per heavy atom. The summed E-state index contributed by atoms with van der Waals surface area (Å²) in [6.07, 6.45) is 0. The van der Waals surface area contributed by atoms with Crippen molar-refractivity contribution in [2.24, 2.45) is 5.22 Å². The minimum Gasteiger partial charge on any atom is -0.218 e. The van der Waals surface area contributed by atoms with Crippen LogP contribution in [-0.4, -0.2) is 4.98 Å². The Hall–Kier alpha value is -2.27. The molecule has 0 saturated heterocycles. The van der Waals surface area contributed by atoms with Crippen molar-refractivity contribution in [3.8, 4) is 0 Å². The van der Waals surface area contributed by atoms with E-state index < -0.39 is 0 Å². The van der Waals surface area contributed by atoms with E-state index >= 15 is 0 Å². The van der Waals surface area contributed by atoms with Crippen LogP contribution in [0, 0.1) is 5.53 Å². The van der Waals surface area contributed by atoms with E-state index in [1.54, 1.807) is 0 Å². The molecule has 0 amide bonds. The average Bonchev–Trinajstić information content (AvgIpc) is 2.84. The summed E-state index contributed by atoms with van der Waals surface area (Å²) in [7, 11) is 0. The van der Waals surface area contributed by atoms with Gasteiger partial charge in [-0.25, -0.2) is 4.98 Å². The lowest BCUT2D eigenvalue weighted by Gasteiger charge is -2.12. The van der Waals surface area contributed by atoms with E-state index in [0.29, 0.717) is 5.13 Å². The Morgan fingerprint density at radius 3 is 2.44 bits per heavy atom. The van der Waals surface area contributed by atoms with E-state index in [1.807, 2.05) is 54.6 Å². The van der Waals surface area contributed by atoms with Gasteiger partial charge in [-0.15, -0.1) is 0 Å². The zero-order valence-electron chi connectivity index (χ0n) is 9.45. The van der Waals surface area contributed by atoms with E-state index in [0.717, 1.165) is 15.9 Å². The molecule has 0 aliphatic rings. The SMILES string of the molecule is N=NN(c1ccccc1)c1nc2ccccc2s1. The first-order chi connectivity index (χ1) is 8.88. The Morgan fingerprint density at radius 2 is 1.72 bits per heavy atom. The first kappa shape index (κ1) is 10.9. The molecule has 0 unspecified atom stereocenters. The molecule has 3 rings (SSSR count). The van der Waals surface area contributed by atoms with Crippen molar-refractivity contribution >= 4 is 32.4 Å². The quantitative estimate of drug-likeness (QED) is 0.557. The van der Waals surface area contributed by atoms with Crippen LogP contribution >= 0.6 is 11.3 Å². The van der Waals surface area contributed by atoms with Crippen molar-refractivity contribution in [3.63, 3.8) is 0 Å². The highest BCUT2D eigenvalue weighted by Crippen LogP contribution is 2.33. The molecule has 0 saturated carbocycles. The average molecular weight is 254 g/mol. The molecule has 4 nitrogen and oxygen atoms in total. The summed E-state index contributed by atoms with van der Waals surface area (Å²) in [5.74, 6) is 0. The van der Waals surface area contributed by atoms with E-state index in [-0.39, 0.29) is 0 Å². The molecule has 0 bridgehead atoms. The van der Waals surface area contributed by atoms with Crippen molar-refractivity contribution in [2.75, 3.05) is 5.01 Å². The minimum absolute atomic E-state index is 0.706. The van der Waals surface area contributed by atoms with Gasteiger partial charge in [-0.3, -0.25) is 0 Å². The van der Waals surface area contributed by atoms with Crippen molar-refractivity contribution in [3.05, 3.63) is 54.6 Å². The molecule has 3 aromatic rings. The number of anilines is 2. The second-order valence-electron chi connectivity index (χ2n) is 3.71. The number of nitrogens with one attached hydrogen (secondary N) is 1. The smallest absolute Gasteiger partial charge is 0.213 e. The zero-order valence-corrected chi connectivity index (χ0v) is 10.3. The number of thiazole rings is 1. The van der Waals surface area contributed by atoms with E-state index in [2.05, 4.69) is 10.2 Å². The third kappa shape index (κ3) is 1.84. The predicted octanol–water partition coefficient (Wildman–Crippen LogP) is 4.38. The van der Waals surface area contributed by atoms with Crippen LogP contribution in [0.3, 0.4) is 0 Å². The fourth-order valence-corrected chi connectivity index (χ4v) is 2.67. The van der Waals surface area contributed by atoms with E-state index in [9.17, 15) is 0 Å². The van der Waals surface area contributed by atoms with Gasteiger partial charge in [-0.1, -0.05) is 46.9 Å². The first-order valence-electron chi connectivity index (χ1n) is 5.46. The molecule has 0 atom stereocenters. The summed E-state index contributed by atoms with van der Waals surface area (Å²) < 4.78 is 1.09. The van der Waals surface area contributed by atoms with Crippen LogP contribution in [0.4, 0.5) is 10.8 Å². The van der Waals surface area contributed by atoms with E-state index in [4.69, 9.17) is 5.53 Å². The molecule has 88 valence electrons. The predicted molar refractivity (Wildman–Crippen MR) is 73.3 cm³/mol. The summed E-state index contributed by atoms with van der Waals surface area (Å²) in [5, 5.41) is 5.79. The summed E-state index contributed by atoms with van der Waals surface area (Å²) in [4.78, 5) is 4.49. The summed E-state index contributed by atoms with van der Waals surface area (Å²) >= 11 is 1.53. The number of para-hydroxylation sites is 2. The van der Waals surface area contributed by atoms with Crippen LogP contribution in [-0.2, 0) is 0 Å². The van der Waals surface area contributed by atoms with Crippen molar-refractivity contribution in [2.45, 2.75) is 0 Å². The largest absolute Gasteiger partial charge is 0.218 e. The molecular formula is C13H10N4S. The van der Waals surface area contributed by atoms with Crippen molar-refractivity contribution in [1.82, 2.24) is 4.98 Å². The van der Waals surface area contributed by atoms with Crippen LogP contribution in [0.15, 0.2) is 59.8 Å². The standard InChI is InChI=1S/C13H10N4S/c14-16-17(10-6-2-1-3-7-10)13-15-11-8-4-5-9-12(11)18-13/h1-9,14H. The molecular weight excluding hydrogens is 244 g/mol. The van der Waals surface area contributed by atoms with Crippen LogP contribution < -0.4 is 5.01 Å². The van der Waals surface area contributed by atoms with Crippen LogP contribution in [0.25, 0.3) is 10.2 Å². The highest BCUT2D eigenvalue weighted by molar-refractivity contribution is 7.22. The van der Waals surface area contributed by atoms with Gasteiger partial charge < -0.3 is 0 Å². The second-order valence-corrected chi connectivity index (χ2v) is 4.72. The molecule has 1 N–H and O–H groups in total. The molecule has 2 aromatic carbocycles. The molecule has 18 heavy (non-hydrogen) atoms. The lowest BCUT2D eigenvalue weighted by atomic mass is 10.3. The topological polar surface area (TPSA) is 52.3 Å². The number of rotatable bonds is 3. The number of benzene rings is 2. The Kier molecular flexibility index (Phi) is 2.74. The van der Waals surface area contributed by atoms with Crippen molar-refractivity contribution in [1.29, 1.82) is 5.53 Å². The normalized spacial score (nSPS) is 10.4. The number of nitrogens with zero attached hydrogens (tertiary/aromatic N) is 3. The highest BCUT2D eigenvalue weighted by Gasteiger charge is 2.12. The molecule has 1 heterocycles. The van der Waals surface area contributed by atoms with Crippen LogP contribution in [0.2, 0.25) is 0 Å². The molecule has 5 heteroatoms. The minimum atomic E-state index is 0.706. The lowest BCUT2D eigenvalue weighted by molar-refractivity contribution is 0.917. The summed E-state index contributed by atoms with van der Waals surface area (Å²) in [6, 6.07) is 17.5. The van der Waals surface area contributed by atoms with Gasteiger partial charge in [-0.05, 0) is 24.3 Å². The molecule has 0 aliphatic carbocycles. The van der Waals surface area contributed by atoms with Crippen LogP contribution in [0.5, 0.6) is 0 Å². The fourth-order valence-electron chi connectivity index (χ4n) is 1.73. The Bertz CT molecular complexity index is 645. The van der Waals surface area contributed by atoms with Gasteiger partial charge in [0.1, 0.15) is 0 Å². The summed E-state index contributed by atoms with van der Waals surface area (Å²) in [5.41, 5.74) is 9.10. The van der Waals surface area contributed by atoms with Crippen molar-refractivity contribution < 1.29 is 0 Å². The lowest BCUT2D eigenvalue weighted by Crippen LogP contribution is -2.06. The zero-order chi connectivity index (χ0) is 12.4. The number of hydrogen-bond donors (Lipinski definition) is 1. The number of hydrogen-bond acceptors (Lipinski definition) is 4. The van der Waals surface area contributed by atoms with Gasteiger partial charge in [0.25, 0.3) is 0 Å². The summed E-state index contributed by atoms with van der Waals surface area (Å²) in [6.45, 7) is 0. The van der Waals surface area contributed by atoms with Gasteiger partial charge in [-0.2, -0.15) is 10.5 Å². The van der Waals surface area contributed by atoms with Gasteiger partial charge in [0, 0.05) is 0 Å². The maximum absolute atomic E-state index is 7.33.